The number of carbonyl (C=O) groups is 1. The van der Waals surface area contributed by atoms with Gasteiger partial charge in [-0.25, -0.2) is 0 Å². The Bertz CT molecular complexity index is 346. The molecule has 0 amide bonds. The van der Waals surface area contributed by atoms with Crippen LogP contribution in [0.5, 0.6) is 0 Å². The van der Waals surface area contributed by atoms with Crippen LogP contribution < -0.4 is 4.90 Å². The van der Waals surface area contributed by atoms with Crippen molar-refractivity contribution in [3.05, 3.63) is 29.8 Å². The predicted molar refractivity (Wildman–Crippen MR) is 69.2 cm³/mol. The highest BCUT2D eigenvalue weighted by Crippen LogP contribution is 2.21. The van der Waals surface area contributed by atoms with Crippen LogP contribution in [0.1, 0.15) is 44.0 Å². The molecule has 0 fully saturated rings. The van der Waals surface area contributed by atoms with Gasteiger partial charge >= 0.3 is 0 Å². The quantitative estimate of drug-likeness (QED) is 0.682. The summed E-state index contributed by atoms with van der Waals surface area (Å²) >= 11 is 0. The third kappa shape index (κ3) is 2.84. The molecule has 0 radical (unpaired) electrons. The number of rotatable bonds is 6. The van der Waals surface area contributed by atoms with Crippen LogP contribution in [0.25, 0.3) is 0 Å². The molecule has 88 valence electrons. The first kappa shape index (κ1) is 12.8. The molecule has 0 atom stereocenters. The summed E-state index contributed by atoms with van der Waals surface area (Å²) in [5.74, 6) is 0.227. The van der Waals surface area contributed by atoms with E-state index in [2.05, 4.69) is 18.7 Å². The van der Waals surface area contributed by atoms with E-state index in [0.717, 1.165) is 30.8 Å². The third-order valence-electron chi connectivity index (χ3n) is 2.74. The van der Waals surface area contributed by atoms with Gasteiger partial charge < -0.3 is 4.90 Å². The van der Waals surface area contributed by atoms with Crippen molar-refractivity contribution in [2.24, 2.45) is 0 Å². The molecule has 0 aliphatic carbocycles. The van der Waals surface area contributed by atoms with Crippen molar-refractivity contribution >= 4 is 11.5 Å². The molecule has 0 heterocycles. The van der Waals surface area contributed by atoms with E-state index in [9.17, 15) is 4.79 Å². The van der Waals surface area contributed by atoms with E-state index < -0.39 is 0 Å². The van der Waals surface area contributed by atoms with E-state index >= 15 is 0 Å². The van der Waals surface area contributed by atoms with Crippen LogP contribution in [0.2, 0.25) is 0 Å². The zero-order valence-electron chi connectivity index (χ0n) is 10.5. The van der Waals surface area contributed by atoms with Crippen molar-refractivity contribution < 1.29 is 4.79 Å². The second kappa shape index (κ2) is 6.31. The molecule has 16 heavy (non-hydrogen) atoms. The van der Waals surface area contributed by atoms with E-state index in [4.69, 9.17) is 0 Å². The van der Waals surface area contributed by atoms with E-state index in [0.29, 0.717) is 6.42 Å². The topological polar surface area (TPSA) is 20.3 Å². The molecule has 0 aliphatic rings. The van der Waals surface area contributed by atoms with Crippen LogP contribution in [0.15, 0.2) is 24.3 Å². The molecule has 0 unspecified atom stereocenters. The first-order valence-corrected chi connectivity index (χ1v) is 6.11. The number of nitrogens with zero attached hydrogens (tertiary/aromatic N) is 1. The summed E-state index contributed by atoms with van der Waals surface area (Å²) in [6, 6.07) is 7.91. The molecule has 0 saturated carbocycles. The van der Waals surface area contributed by atoms with Crippen molar-refractivity contribution in [1.82, 2.24) is 0 Å². The van der Waals surface area contributed by atoms with E-state index in [1.54, 1.807) is 0 Å². The fraction of sp³-hybridized carbons (Fsp3) is 0.500. The Labute approximate surface area is 98.3 Å². The van der Waals surface area contributed by atoms with Crippen molar-refractivity contribution in [1.29, 1.82) is 0 Å². The highest BCUT2D eigenvalue weighted by molar-refractivity contribution is 6.01. The molecule has 0 N–H and O–H groups in total. The molecule has 1 rings (SSSR count). The van der Waals surface area contributed by atoms with Gasteiger partial charge in [0.25, 0.3) is 0 Å². The van der Waals surface area contributed by atoms with Crippen LogP contribution >= 0.6 is 0 Å². The van der Waals surface area contributed by atoms with Crippen LogP contribution in [-0.4, -0.2) is 18.9 Å². The highest BCUT2D eigenvalue weighted by atomic mass is 16.1. The fourth-order valence-electron chi connectivity index (χ4n) is 1.89. The normalized spacial score (nSPS) is 10.2. The standard InChI is InChI=1S/C14H21NO/c1-4-11-15(6-3)13-10-8-7-9-12(13)14(16)5-2/h7-10H,4-6,11H2,1-3H3. The Hall–Kier alpha value is -1.31. The fourth-order valence-corrected chi connectivity index (χ4v) is 1.89. The van der Waals surface area contributed by atoms with Crippen LogP contribution in [-0.2, 0) is 0 Å². The third-order valence-corrected chi connectivity index (χ3v) is 2.74. The number of ketones is 1. The lowest BCUT2D eigenvalue weighted by molar-refractivity contribution is 0.0988. The average Bonchev–Trinajstić information content (AvgIpc) is 2.35. The summed E-state index contributed by atoms with van der Waals surface area (Å²) in [5.41, 5.74) is 1.94. The Morgan fingerprint density at radius 1 is 1.19 bits per heavy atom. The van der Waals surface area contributed by atoms with Crippen molar-refractivity contribution in [3.8, 4) is 0 Å². The maximum Gasteiger partial charge on any atom is 0.164 e. The largest absolute Gasteiger partial charge is 0.371 e. The Morgan fingerprint density at radius 3 is 2.44 bits per heavy atom. The Kier molecular flexibility index (Phi) is 5.03. The molecular weight excluding hydrogens is 198 g/mol. The number of benzene rings is 1. The molecule has 1 aromatic carbocycles. The molecule has 2 nitrogen and oxygen atoms in total. The molecular formula is C14H21NO. The van der Waals surface area contributed by atoms with Gasteiger partial charge in [0.15, 0.2) is 5.78 Å². The minimum atomic E-state index is 0.227. The maximum atomic E-state index is 11.8. The molecule has 0 spiro atoms. The Balaban J connectivity index is 3.05. The minimum Gasteiger partial charge on any atom is -0.371 e. The average molecular weight is 219 g/mol. The van der Waals surface area contributed by atoms with Gasteiger partial charge in [-0.15, -0.1) is 0 Å². The number of hydrogen-bond donors (Lipinski definition) is 0. The monoisotopic (exact) mass is 219 g/mol. The second-order valence-electron chi connectivity index (χ2n) is 3.87. The highest BCUT2D eigenvalue weighted by Gasteiger charge is 2.12. The number of hydrogen-bond acceptors (Lipinski definition) is 2. The SMILES string of the molecule is CCCN(CC)c1ccccc1C(=O)CC. The molecule has 0 aromatic heterocycles. The number of carbonyl (C=O) groups excluding carboxylic acids is 1. The van der Waals surface area contributed by atoms with Gasteiger partial charge in [-0.1, -0.05) is 26.0 Å². The summed E-state index contributed by atoms with van der Waals surface area (Å²) in [4.78, 5) is 14.1. The van der Waals surface area contributed by atoms with Crippen LogP contribution in [0, 0.1) is 0 Å². The molecule has 0 aliphatic heterocycles. The lowest BCUT2D eigenvalue weighted by atomic mass is 10.1. The zero-order chi connectivity index (χ0) is 12.0. The first-order valence-electron chi connectivity index (χ1n) is 6.11. The summed E-state index contributed by atoms with van der Waals surface area (Å²) in [7, 11) is 0. The van der Waals surface area contributed by atoms with Gasteiger partial charge in [-0.3, -0.25) is 4.79 Å². The smallest absolute Gasteiger partial charge is 0.164 e. The van der Waals surface area contributed by atoms with Gasteiger partial charge in [0.2, 0.25) is 0 Å². The lowest BCUT2D eigenvalue weighted by Crippen LogP contribution is -2.25. The van der Waals surface area contributed by atoms with Crippen LogP contribution in [0.3, 0.4) is 0 Å². The first-order chi connectivity index (χ1) is 7.74. The van der Waals surface area contributed by atoms with Gasteiger partial charge in [-0.2, -0.15) is 0 Å². The second-order valence-corrected chi connectivity index (χ2v) is 3.87. The van der Waals surface area contributed by atoms with E-state index in [1.807, 2.05) is 31.2 Å². The zero-order valence-corrected chi connectivity index (χ0v) is 10.5. The van der Waals surface area contributed by atoms with Gasteiger partial charge in [0.05, 0.1) is 0 Å². The van der Waals surface area contributed by atoms with Gasteiger partial charge in [0.1, 0.15) is 0 Å². The Morgan fingerprint density at radius 2 is 1.88 bits per heavy atom. The lowest BCUT2D eigenvalue weighted by Gasteiger charge is -2.24. The van der Waals surface area contributed by atoms with Crippen molar-refractivity contribution in [2.45, 2.75) is 33.6 Å². The number of anilines is 1. The maximum absolute atomic E-state index is 11.8. The van der Waals surface area contributed by atoms with E-state index in [-0.39, 0.29) is 5.78 Å². The van der Waals surface area contributed by atoms with E-state index in [1.165, 1.54) is 0 Å². The molecule has 2 heteroatoms. The summed E-state index contributed by atoms with van der Waals surface area (Å²) in [6.07, 6.45) is 1.67. The summed E-state index contributed by atoms with van der Waals surface area (Å²) < 4.78 is 0. The molecule has 1 aromatic rings. The summed E-state index contributed by atoms with van der Waals surface area (Å²) in [6.45, 7) is 8.15. The molecule has 0 bridgehead atoms. The summed E-state index contributed by atoms with van der Waals surface area (Å²) in [5, 5.41) is 0. The molecule has 0 saturated heterocycles. The number of Topliss-reactive ketones (excluding diaryl/α,β-unsaturated/α-hetero) is 1. The predicted octanol–water partition coefficient (Wildman–Crippen LogP) is 3.52. The van der Waals surface area contributed by atoms with Gasteiger partial charge in [0, 0.05) is 30.8 Å². The van der Waals surface area contributed by atoms with Gasteiger partial charge in [-0.05, 0) is 25.5 Å². The van der Waals surface area contributed by atoms with Crippen molar-refractivity contribution in [2.75, 3.05) is 18.0 Å². The minimum absolute atomic E-state index is 0.227. The number of para-hydroxylation sites is 1. The van der Waals surface area contributed by atoms with Crippen molar-refractivity contribution in [3.63, 3.8) is 0 Å². The van der Waals surface area contributed by atoms with Crippen LogP contribution in [0.4, 0.5) is 5.69 Å².